The van der Waals surface area contributed by atoms with Gasteiger partial charge < -0.3 is 9.47 Å². The van der Waals surface area contributed by atoms with Crippen molar-refractivity contribution < 1.29 is 14.3 Å². The lowest BCUT2D eigenvalue weighted by atomic mass is 10.1. The number of nitrogens with zero attached hydrogens (tertiary/aromatic N) is 1. The van der Waals surface area contributed by atoms with Crippen LogP contribution in [0.4, 0.5) is 0 Å². The molecule has 0 amide bonds. The third-order valence-corrected chi connectivity index (χ3v) is 2.97. The van der Waals surface area contributed by atoms with Crippen LogP contribution >= 0.6 is 0 Å². The zero-order valence-electron chi connectivity index (χ0n) is 11.4. The van der Waals surface area contributed by atoms with Crippen LogP contribution in [0, 0.1) is 6.92 Å². The monoisotopic (exact) mass is 259 g/mol. The first-order valence-electron chi connectivity index (χ1n) is 6.24. The summed E-state index contributed by atoms with van der Waals surface area (Å²) in [4.78, 5) is 15.7. The van der Waals surface area contributed by atoms with E-state index in [1.807, 2.05) is 25.1 Å². The molecule has 1 aromatic carbocycles. The van der Waals surface area contributed by atoms with E-state index in [-0.39, 0.29) is 6.61 Å². The molecule has 1 aromatic heterocycles. The van der Waals surface area contributed by atoms with Crippen LogP contribution in [0.15, 0.2) is 24.3 Å². The molecule has 2 aromatic rings. The van der Waals surface area contributed by atoms with Gasteiger partial charge in [-0.25, -0.2) is 4.79 Å². The van der Waals surface area contributed by atoms with E-state index in [0.717, 1.165) is 23.0 Å². The fraction of sp³-hybridized carbons (Fsp3) is 0.333. The summed E-state index contributed by atoms with van der Waals surface area (Å²) in [6.07, 6.45) is 0.907. The van der Waals surface area contributed by atoms with Crippen LogP contribution in [0.2, 0.25) is 0 Å². The molecule has 0 radical (unpaired) electrons. The Morgan fingerprint density at radius 1 is 1.37 bits per heavy atom. The lowest BCUT2D eigenvalue weighted by Crippen LogP contribution is -2.13. The van der Waals surface area contributed by atoms with Crippen LogP contribution in [0.3, 0.4) is 0 Å². The van der Waals surface area contributed by atoms with Gasteiger partial charge >= 0.3 is 5.97 Å². The van der Waals surface area contributed by atoms with Gasteiger partial charge in [-0.3, -0.25) is 4.98 Å². The van der Waals surface area contributed by atoms with Crippen molar-refractivity contribution in [3.63, 3.8) is 0 Å². The predicted octanol–water partition coefficient (Wildman–Crippen LogP) is 2.66. The highest BCUT2D eigenvalue weighted by atomic mass is 16.6. The Bertz CT molecular complexity index is 608. The number of ether oxygens (including phenoxy) is 2. The van der Waals surface area contributed by atoms with Crippen LogP contribution in [0.1, 0.15) is 18.2 Å². The second kappa shape index (κ2) is 5.69. The standard InChI is InChI=1S/C15H17NO3/c1-4-11-6-5-7-12-13(19-9-14(17)18-3)8-10(2)16-15(11)12/h5-8H,4,9H2,1-3H3. The van der Waals surface area contributed by atoms with E-state index in [1.165, 1.54) is 12.7 Å². The number of methoxy groups -OCH3 is 1. The van der Waals surface area contributed by atoms with Gasteiger partial charge in [0.05, 0.1) is 12.6 Å². The Balaban J connectivity index is 2.45. The van der Waals surface area contributed by atoms with E-state index >= 15 is 0 Å². The lowest BCUT2D eigenvalue weighted by Gasteiger charge is -2.11. The SMILES string of the molecule is CCc1cccc2c(OCC(=O)OC)cc(C)nc12. The lowest BCUT2D eigenvalue weighted by molar-refractivity contribution is -0.142. The Labute approximate surface area is 112 Å². The molecule has 0 spiro atoms. The second-order valence-electron chi connectivity index (χ2n) is 4.29. The van der Waals surface area contributed by atoms with Crippen molar-refractivity contribution in [2.75, 3.05) is 13.7 Å². The van der Waals surface area contributed by atoms with Crippen LogP contribution in [-0.4, -0.2) is 24.7 Å². The van der Waals surface area contributed by atoms with Crippen molar-refractivity contribution in [2.45, 2.75) is 20.3 Å². The molecule has 0 aliphatic rings. The molecule has 4 nitrogen and oxygen atoms in total. The predicted molar refractivity (Wildman–Crippen MR) is 73.4 cm³/mol. The smallest absolute Gasteiger partial charge is 0.343 e. The molecule has 0 saturated heterocycles. The Morgan fingerprint density at radius 3 is 2.84 bits per heavy atom. The highest BCUT2D eigenvalue weighted by molar-refractivity contribution is 5.88. The molecule has 1 heterocycles. The molecule has 2 rings (SSSR count). The summed E-state index contributed by atoms with van der Waals surface area (Å²) < 4.78 is 10.1. The fourth-order valence-corrected chi connectivity index (χ4v) is 2.00. The first-order valence-corrected chi connectivity index (χ1v) is 6.24. The summed E-state index contributed by atoms with van der Waals surface area (Å²) in [5.74, 6) is 0.275. The van der Waals surface area contributed by atoms with E-state index < -0.39 is 5.97 Å². The minimum absolute atomic E-state index is 0.0919. The molecule has 19 heavy (non-hydrogen) atoms. The molecular formula is C15H17NO3. The molecule has 0 bridgehead atoms. The highest BCUT2D eigenvalue weighted by Gasteiger charge is 2.10. The quantitative estimate of drug-likeness (QED) is 0.792. The summed E-state index contributed by atoms with van der Waals surface area (Å²) in [6.45, 7) is 3.91. The van der Waals surface area contributed by atoms with Crippen molar-refractivity contribution >= 4 is 16.9 Å². The highest BCUT2D eigenvalue weighted by Crippen LogP contribution is 2.27. The number of esters is 1. The molecule has 100 valence electrons. The van der Waals surface area contributed by atoms with Gasteiger partial charge in [-0.1, -0.05) is 19.1 Å². The molecular weight excluding hydrogens is 242 g/mol. The number of benzene rings is 1. The molecule has 4 heteroatoms. The van der Waals surface area contributed by atoms with Gasteiger partial charge in [-0.15, -0.1) is 0 Å². The van der Waals surface area contributed by atoms with Crippen molar-refractivity contribution in [3.8, 4) is 5.75 Å². The van der Waals surface area contributed by atoms with Crippen LogP contribution in [0.25, 0.3) is 10.9 Å². The summed E-state index contributed by atoms with van der Waals surface area (Å²) in [5.41, 5.74) is 2.97. The number of fused-ring (bicyclic) bond motifs is 1. The molecule has 0 aliphatic heterocycles. The number of hydrogen-bond acceptors (Lipinski definition) is 4. The van der Waals surface area contributed by atoms with E-state index in [9.17, 15) is 4.79 Å². The Kier molecular flexibility index (Phi) is 4.00. The van der Waals surface area contributed by atoms with Crippen molar-refractivity contribution in [3.05, 3.63) is 35.5 Å². The number of aromatic nitrogens is 1. The number of aryl methyl sites for hydroxylation is 2. The summed E-state index contributed by atoms with van der Waals surface area (Å²) in [6, 6.07) is 7.82. The number of pyridine rings is 1. The molecule has 0 atom stereocenters. The van der Waals surface area contributed by atoms with Gasteiger partial charge in [0.2, 0.25) is 0 Å². The summed E-state index contributed by atoms with van der Waals surface area (Å²) in [5, 5.41) is 0.925. The minimum atomic E-state index is -0.394. The maximum atomic E-state index is 11.2. The molecule has 0 fully saturated rings. The van der Waals surface area contributed by atoms with Crippen molar-refractivity contribution in [2.24, 2.45) is 0 Å². The molecule has 0 unspecified atom stereocenters. The third-order valence-electron chi connectivity index (χ3n) is 2.97. The zero-order valence-corrected chi connectivity index (χ0v) is 11.4. The van der Waals surface area contributed by atoms with Gasteiger partial charge in [0.25, 0.3) is 0 Å². The number of rotatable bonds is 4. The second-order valence-corrected chi connectivity index (χ2v) is 4.29. The summed E-state index contributed by atoms with van der Waals surface area (Å²) in [7, 11) is 1.34. The van der Waals surface area contributed by atoms with Crippen LogP contribution in [0.5, 0.6) is 5.75 Å². The number of carbonyl (C=O) groups excluding carboxylic acids is 1. The zero-order chi connectivity index (χ0) is 13.8. The van der Waals surface area contributed by atoms with Gasteiger partial charge in [0, 0.05) is 17.1 Å². The maximum Gasteiger partial charge on any atom is 0.343 e. The van der Waals surface area contributed by atoms with Crippen LogP contribution < -0.4 is 4.74 Å². The van der Waals surface area contributed by atoms with Gasteiger partial charge in [-0.05, 0) is 25.0 Å². The van der Waals surface area contributed by atoms with Gasteiger partial charge in [0.1, 0.15) is 5.75 Å². The Morgan fingerprint density at radius 2 is 2.16 bits per heavy atom. The molecule has 0 N–H and O–H groups in total. The van der Waals surface area contributed by atoms with E-state index in [1.54, 1.807) is 0 Å². The Hall–Kier alpha value is -2.10. The third kappa shape index (κ3) is 2.84. The first-order chi connectivity index (χ1) is 9.15. The number of hydrogen-bond donors (Lipinski definition) is 0. The topological polar surface area (TPSA) is 48.4 Å². The van der Waals surface area contributed by atoms with Gasteiger partial charge in [0.15, 0.2) is 6.61 Å². The summed E-state index contributed by atoms with van der Waals surface area (Å²) >= 11 is 0. The van der Waals surface area contributed by atoms with Crippen molar-refractivity contribution in [1.82, 2.24) is 4.98 Å². The van der Waals surface area contributed by atoms with Crippen molar-refractivity contribution in [1.29, 1.82) is 0 Å². The largest absolute Gasteiger partial charge is 0.481 e. The normalized spacial score (nSPS) is 10.5. The van der Waals surface area contributed by atoms with Gasteiger partial charge in [-0.2, -0.15) is 0 Å². The minimum Gasteiger partial charge on any atom is -0.481 e. The van der Waals surface area contributed by atoms with Crippen LogP contribution in [-0.2, 0) is 16.0 Å². The fourth-order valence-electron chi connectivity index (χ4n) is 2.00. The first kappa shape index (κ1) is 13.3. The maximum absolute atomic E-state index is 11.2. The van der Waals surface area contributed by atoms with E-state index in [0.29, 0.717) is 5.75 Å². The average Bonchev–Trinajstić information content (AvgIpc) is 2.43. The number of para-hydroxylation sites is 1. The average molecular weight is 259 g/mol. The molecule has 0 aliphatic carbocycles. The van der Waals surface area contributed by atoms with E-state index in [4.69, 9.17) is 4.74 Å². The molecule has 0 saturated carbocycles. The van der Waals surface area contributed by atoms with E-state index in [2.05, 4.69) is 22.7 Å². The number of carbonyl (C=O) groups is 1.